The van der Waals surface area contributed by atoms with E-state index in [2.05, 4.69) is 81.2 Å². The van der Waals surface area contributed by atoms with E-state index in [4.69, 9.17) is 0 Å². The van der Waals surface area contributed by atoms with Gasteiger partial charge in [0.15, 0.2) is 0 Å². The lowest BCUT2D eigenvalue weighted by atomic mass is 9.33. The third kappa shape index (κ3) is 1.80. The van der Waals surface area contributed by atoms with Crippen LogP contribution in [0.2, 0.25) is 11.6 Å². The van der Waals surface area contributed by atoms with Crippen LogP contribution in [-0.2, 0) is 0 Å². The summed E-state index contributed by atoms with van der Waals surface area (Å²) in [5, 5.41) is 0. The molecule has 4 heteroatoms. The maximum Gasteiger partial charge on any atom is 0.256 e. The number of hydrogen-bond acceptors (Lipinski definition) is 0. The minimum atomic E-state index is 0.668. The van der Waals surface area contributed by atoms with Gasteiger partial charge >= 0.3 is 0 Å². The fourth-order valence-electron chi connectivity index (χ4n) is 2.90. The zero-order valence-electron chi connectivity index (χ0n) is 8.94. The molecule has 0 radical (unpaired) electrons. The van der Waals surface area contributed by atoms with Gasteiger partial charge in [-0.15, -0.1) is 44.7 Å². The summed E-state index contributed by atoms with van der Waals surface area (Å²) < 4.78 is 1.34. The molecule has 2 unspecified atom stereocenters. The van der Waals surface area contributed by atoms with Crippen molar-refractivity contribution in [1.29, 1.82) is 0 Å². The molecule has 2 atom stereocenters. The minimum absolute atomic E-state index is 0.668. The van der Waals surface area contributed by atoms with Crippen LogP contribution in [0.25, 0.3) is 0 Å². The normalized spacial score (nSPS) is 31.9. The molecule has 0 bridgehead atoms. The molecule has 0 saturated carbocycles. The molecule has 2 aliphatic carbocycles. The van der Waals surface area contributed by atoms with Gasteiger partial charge in [-0.2, -0.15) is 0 Å². The number of hydrogen-bond donors (Lipinski definition) is 0. The Labute approximate surface area is 125 Å². The molecule has 0 nitrogen and oxygen atoms in total. The maximum atomic E-state index is 2.64. The summed E-state index contributed by atoms with van der Waals surface area (Å²) in [6.07, 6.45) is 16.7. The maximum absolute atomic E-state index is 2.64. The van der Waals surface area contributed by atoms with Crippen molar-refractivity contribution in [3.05, 3.63) is 47.4 Å². The summed E-state index contributed by atoms with van der Waals surface area (Å²) in [7, 11) is 0. The third-order valence-corrected chi connectivity index (χ3v) is 6.72. The summed E-state index contributed by atoms with van der Waals surface area (Å²) in [5.41, 5.74) is 3.24. The standard InChI is InChI=1S/C12H12B2I2/c15-13-9-5-1-2-6-10(9)14(16)12-8-4-3-7-11(12)13/h1-2,5-10H,3-4H2. The Kier molecular flexibility index (Phi) is 3.39. The van der Waals surface area contributed by atoms with Crippen LogP contribution in [0.4, 0.5) is 0 Å². The average Bonchev–Trinajstić information content (AvgIpc) is 2.36. The van der Waals surface area contributed by atoms with Crippen LogP contribution in [0.1, 0.15) is 12.8 Å². The van der Waals surface area contributed by atoms with Crippen molar-refractivity contribution in [3.8, 4) is 0 Å². The molecule has 80 valence electrons. The van der Waals surface area contributed by atoms with E-state index in [-0.39, 0.29) is 0 Å². The predicted molar refractivity (Wildman–Crippen MR) is 90.7 cm³/mol. The summed E-state index contributed by atoms with van der Waals surface area (Å²) in [6.45, 7) is 0. The highest BCUT2D eigenvalue weighted by Crippen LogP contribution is 2.51. The van der Waals surface area contributed by atoms with Gasteiger partial charge < -0.3 is 0 Å². The first-order valence-electron chi connectivity index (χ1n) is 5.82. The molecule has 3 aliphatic rings. The molecule has 1 saturated heterocycles. The van der Waals surface area contributed by atoms with Crippen molar-refractivity contribution in [2.45, 2.75) is 24.5 Å². The largest absolute Gasteiger partial charge is 0.256 e. The lowest BCUT2D eigenvalue weighted by molar-refractivity contribution is 0.962. The van der Waals surface area contributed by atoms with Gasteiger partial charge in [0, 0.05) is 0 Å². The van der Waals surface area contributed by atoms with E-state index in [0.717, 1.165) is 0 Å². The van der Waals surface area contributed by atoms with Gasteiger partial charge in [-0.05, 0) is 24.5 Å². The second kappa shape index (κ2) is 4.67. The lowest BCUT2D eigenvalue weighted by Crippen LogP contribution is -2.37. The van der Waals surface area contributed by atoms with Crippen molar-refractivity contribution in [2.75, 3.05) is 0 Å². The van der Waals surface area contributed by atoms with Gasteiger partial charge in [0.05, 0.1) is 0 Å². The van der Waals surface area contributed by atoms with Gasteiger partial charge in [0.25, 0.3) is 9.14 Å². The predicted octanol–water partition coefficient (Wildman–Crippen LogP) is 4.44. The fraction of sp³-hybridized carbons (Fsp3) is 0.333. The Bertz CT molecular complexity index is 383. The highest BCUT2D eigenvalue weighted by Gasteiger charge is 2.45. The molecule has 0 aromatic rings. The topological polar surface area (TPSA) is 0 Å². The van der Waals surface area contributed by atoms with E-state index in [9.17, 15) is 0 Å². The second-order valence-corrected chi connectivity index (χ2v) is 7.31. The van der Waals surface area contributed by atoms with E-state index in [1.54, 1.807) is 10.9 Å². The Morgan fingerprint density at radius 1 is 0.875 bits per heavy atom. The van der Waals surface area contributed by atoms with Crippen LogP contribution >= 0.6 is 44.7 Å². The zero-order valence-corrected chi connectivity index (χ0v) is 13.3. The van der Waals surface area contributed by atoms with Crippen LogP contribution in [0, 0.1) is 0 Å². The first-order chi connectivity index (χ1) is 7.79. The van der Waals surface area contributed by atoms with E-state index in [0.29, 0.717) is 20.8 Å². The fourth-order valence-corrected chi connectivity index (χ4v) is 5.56. The van der Waals surface area contributed by atoms with Crippen LogP contribution in [0.15, 0.2) is 47.4 Å². The van der Waals surface area contributed by atoms with Gasteiger partial charge in [-0.3, -0.25) is 0 Å². The highest BCUT2D eigenvalue weighted by molar-refractivity contribution is 14.1. The van der Waals surface area contributed by atoms with E-state index >= 15 is 0 Å². The molecule has 0 aromatic heterocycles. The SMILES string of the molecule is IB1C2=CCCC=C2B(I)C2C=CC=CC12. The number of allylic oxidation sites excluding steroid dienone is 8. The third-order valence-electron chi connectivity index (χ3n) is 3.72. The van der Waals surface area contributed by atoms with Crippen molar-refractivity contribution < 1.29 is 0 Å². The van der Waals surface area contributed by atoms with E-state index < -0.39 is 0 Å². The summed E-state index contributed by atoms with van der Waals surface area (Å²) >= 11 is 5.28. The summed E-state index contributed by atoms with van der Waals surface area (Å²) in [4.78, 5) is 0. The molecule has 0 amide bonds. The van der Waals surface area contributed by atoms with Crippen molar-refractivity contribution >= 4 is 53.9 Å². The Morgan fingerprint density at radius 2 is 1.31 bits per heavy atom. The molecule has 3 rings (SSSR count). The highest BCUT2D eigenvalue weighted by atomic mass is 127. The minimum Gasteiger partial charge on any atom is -0.142 e. The van der Waals surface area contributed by atoms with Crippen molar-refractivity contribution in [2.24, 2.45) is 0 Å². The molecular formula is C12H12B2I2. The number of fused-ring (bicyclic) bond motifs is 2. The number of halogens is 2. The molecule has 1 fully saturated rings. The van der Waals surface area contributed by atoms with Gasteiger partial charge in [0.1, 0.15) is 0 Å². The van der Waals surface area contributed by atoms with E-state index in [1.165, 1.54) is 12.8 Å². The van der Waals surface area contributed by atoms with Crippen LogP contribution in [0.3, 0.4) is 0 Å². The smallest absolute Gasteiger partial charge is 0.142 e. The molecule has 0 N–H and O–H groups in total. The summed E-state index contributed by atoms with van der Waals surface area (Å²) in [5.74, 6) is 1.41. The monoisotopic (exact) mass is 432 g/mol. The van der Waals surface area contributed by atoms with Gasteiger partial charge in [-0.1, -0.05) is 47.4 Å². The van der Waals surface area contributed by atoms with Gasteiger partial charge in [0.2, 0.25) is 0 Å². The molecule has 1 aliphatic heterocycles. The Hall–Kier alpha value is 0.550. The Morgan fingerprint density at radius 3 is 1.75 bits per heavy atom. The Balaban J connectivity index is 2.03. The molecule has 0 spiro atoms. The zero-order chi connectivity index (χ0) is 11.1. The molecule has 0 aromatic carbocycles. The van der Waals surface area contributed by atoms with Crippen LogP contribution < -0.4 is 0 Å². The second-order valence-electron chi connectivity index (χ2n) is 4.62. The van der Waals surface area contributed by atoms with Crippen molar-refractivity contribution in [1.82, 2.24) is 0 Å². The average molecular weight is 432 g/mol. The summed E-state index contributed by atoms with van der Waals surface area (Å²) in [6, 6.07) is 0. The molecule has 1 heterocycles. The quantitative estimate of drug-likeness (QED) is 0.393. The molecule has 16 heavy (non-hydrogen) atoms. The van der Waals surface area contributed by atoms with Crippen LogP contribution in [0.5, 0.6) is 0 Å². The first kappa shape index (κ1) is 11.6. The van der Waals surface area contributed by atoms with Gasteiger partial charge in [-0.25, -0.2) is 0 Å². The lowest BCUT2D eigenvalue weighted by Gasteiger charge is -2.39. The van der Waals surface area contributed by atoms with Crippen molar-refractivity contribution in [3.63, 3.8) is 0 Å². The van der Waals surface area contributed by atoms with Crippen LogP contribution in [-0.4, -0.2) is 9.14 Å². The van der Waals surface area contributed by atoms with E-state index in [1.807, 2.05) is 0 Å². The molecular weight excluding hydrogens is 420 g/mol. The first-order valence-corrected chi connectivity index (χ1v) is 8.32. The number of rotatable bonds is 0.